The lowest BCUT2D eigenvalue weighted by Gasteiger charge is -2.21. The SMILES string of the molecule is CCN(CC(=O)Nc1ccccc1C(F)(F)F)C(=O)c1sc2nc3n(c(=O)c2c1C)CCC3. The fraction of sp³-hybridized carbons (Fsp3) is 0.364. The summed E-state index contributed by atoms with van der Waals surface area (Å²) in [5, 5.41) is 2.65. The number of hydrogen-bond acceptors (Lipinski definition) is 5. The molecule has 174 valence electrons. The Kier molecular flexibility index (Phi) is 6.00. The Labute approximate surface area is 190 Å². The zero-order valence-corrected chi connectivity index (χ0v) is 18.8. The highest BCUT2D eigenvalue weighted by Crippen LogP contribution is 2.34. The molecule has 1 aliphatic rings. The van der Waals surface area contributed by atoms with Gasteiger partial charge >= 0.3 is 6.18 Å². The maximum atomic E-state index is 13.2. The van der Waals surface area contributed by atoms with Gasteiger partial charge in [-0.1, -0.05) is 12.1 Å². The molecule has 0 atom stereocenters. The molecule has 11 heteroatoms. The lowest BCUT2D eigenvalue weighted by molar-refractivity contribution is -0.137. The van der Waals surface area contributed by atoms with Gasteiger partial charge in [0.15, 0.2) is 0 Å². The van der Waals surface area contributed by atoms with Gasteiger partial charge in [-0.3, -0.25) is 19.0 Å². The number of alkyl halides is 3. The molecular formula is C22H21F3N4O3S. The summed E-state index contributed by atoms with van der Waals surface area (Å²) in [5.74, 6) is -0.526. The lowest BCUT2D eigenvalue weighted by Crippen LogP contribution is -2.38. The molecule has 4 rings (SSSR count). The topological polar surface area (TPSA) is 84.3 Å². The van der Waals surface area contributed by atoms with E-state index in [-0.39, 0.29) is 17.8 Å². The Hall–Kier alpha value is -3.21. The number of amides is 2. The van der Waals surface area contributed by atoms with Gasteiger partial charge < -0.3 is 10.2 Å². The number of likely N-dealkylation sites (N-methyl/N-ethyl adjacent to an activating group) is 1. The number of carbonyl (C=O) groups is 2. The van der Waals surface area contributed by atoms with Crippen molar-refractivity contribution in [2.24, 2.45) is 0 Å². The van der Waals surface area contributed by atoms with Gasteiger partial charge in [0.25, 0.3) is 11.5 Å². The number of hydrogen-bond donors (Lipinski definition) is 1. The van der Waals surface area contributed by atoms with Crippen molar-refractivity contribution in [1.29, 1.82) is 0 Å². The average molecular weight is 478 g/mol. The zero-order chi connectivity index (χ0) is 23.9. The van der Waals surface area contributed by atoms with Crippen LogP contribution in [0, 0.1) is 6.92 Å². The van der Waals surface area contributed by atoms with Gasteiger partial charge in [-0.25, -0.2) is 4.98 Å². The second kappa shape index (κ2) is 8.62. The number of fused-ring (bicyclic) bond motifs is 2. The van der Waals surface area contributed by atoms with Crippen LogP contribution < -0.4 is 10.9 Å². The van der Waals surface area contributed by atoms with Crippen molar-refractivity contribution >= 4 is 39.1 Å². The van der Waals surface area contributed by atoms with Gasteiger partial charge in [-0.2, -0.15) is 13.2 Å². The normalized spacial score (nSPS) is 13.2. The number of para-hydroxylation sites is 1. The monoisotopic (exact) mass is 478 g/mol. The average Bonchev–Trinajstić information content (AvgIpc) is 3.36. The summed E-state index contributed by atoms with van der Waals surface area (Å²) in [7, 11) is 0. The number of nitrogens with zero attached hydrogens (tertiary/aromatic N) is 3. The van der Waals surface area contributed by atoms with Crippen molar-refractivity contribution in [3.63, 3.8) is 0 Å². The minimum atomic E-state index is -4.63. The molecule has 33 heavy (non-hydrogen) atoms. The largest absolute Gasteiger partial charge is 0.418 e. The molecule has 2 aromatic heterocycles. The van der Waals surface area contributed by atoms with E-state index in [4.69, 9.17) is 0 Å². The molecule has 0 spiro atoms. The summed E-state index contributed by atoms with van der Waals surface area (Å²) in [4.78, 5) is 45.1. The fourth-order valence-electron chi connectivity index (χ4n) is 3.95. The second-order valence-electron chi connectivity index (χ2n) is 7.74. The third-order valence-corrected chi connectivity index (χ3v) is 6.79. The molecule has 0 saturated carbocycles. The number of nitrogens with one attached hydrogen (secondary N) is 1. The van der Waals surface area contributed by atoms with Gasteiger partial charge in [0.2, 0.25) is 5.91 Å². The van der Waals surface area contributed by atoms with Crippen LogP contribution in [-0.4, -0.2) is 39.4 Å². The number of aromatic nitrogens is 2. The van der Waals surface area contributed by atoms with Crippen LogP contribution in [0.4, 0.5) is 18.9 Å². The zero-order valence-electron chi connectivity index (χ0n) is 18.0. The molecule has 0 aliphatic carbocycles. The first-order chi connectivity index (χ1) is 15.6. The lowest BCUT2D eigenvalue weighted by atomic mass is 10.1. The predicted molar refractivity (Wildman–Crippen MR) is 119 cm³/mol. The molecule has 1 aromatic carbocycles. The predicted octanol–water partition coefficient (Wildman–Crippen LogP) is 3.83. The number of benzene rings is 1. The summed E-state index contributed by atoms with van der Waals surface area (Å²) in [5.41, 5.74) is -1.01. The van der Waals surface area contributed by atoms with Crippen LogP contribution in [0.5, 0.6) is 0 Å². The van der Waals surface area contributed by atoms with Crippen LogP contribution in [-0.2, 0) is 23.9 Å². The van der Waals surface area contributed by atoms with Crippen molar-refractivity contribution in [3.8, 4) is 0 Å². The van der Waals surface area contributed by atoms with E-state index in [1.807, 2.05) is 0 Å². The summed E-state index contributed by atoms with van der Waals surface area (Å²) in [6.07, 6.45) is -3.08. The van der Waals surface area contributed by atoms with Crippen molar-refractivity contribution in [2.75, 3.05) is 18.4 Å². The van der Waals surface area contributed by atoms with Gasteiger partial charge in [0.05, 0.1) is 21.5 Å². The second-order valence-corrected chi connectivity index (χ2v) is 8.73. The molecule has 0 fully saturated rings. The highest BCUT2D eigenvalue weighted by molar-refractivity contribution is 7.20. The standard InChI is InChI=1S/C22H21F3N4O3S/c1-3-28(11-16(30)26-14-8-5-4-7-13(14)22(23,24)25)21(32)18-12(2)17-19(33-18)27-15-9-6-10-29(15)20(17)31/h4-5,7-8H,3,6,9-11H2,1-2H3,(H,26,30). The highest BCUT2D eigenvalue weighted by Gasteiger charge is 2.34. The quantitative estimate of drug-likeness (QED) is 0.604. The molecular weight excluding hydrogens is 457 g/mol. The summed E-state index contributed by atoms with van der Waals surface area (Å²) in [6, 6.07) is 4.66. The Morgan fingerprint density at radius 3 is 2.70 bits per heavy atom. The number of halogens is 3. The molecule has 0 unspecified atom stereocenters. The molecule has 7 nitrogen and oxygen atoms in total. The van der Waals surface area contributed by atoms with Crippen LogP contribution in [0.3, 0.4) is 0 Å². The summed E-state index contributed by atoms with van der Waals surface area (Å²) >= 11 is 1.10. The van der Waals surface area contributed by atoms with Crippen molar-refractivity contribution in [1.82, 2.24) is 14.5 Å². The first-order valence-corrected chi connectivity index (χ1v) is 11.2. The van der Waals surface area contributed by atoms with E-state index in [0.717, 1.165) is 29.9 Å². The van der Waals surface area contributed by atoms with Crippen molar-refractivity contribution in [3.05, 3.63) is 56.4 Å². The van der Waals surface area contributed by atoms with E-state index in [1.165, 1.54) is 17.0 Å². The Balaban J connectivity index is 1.58. The Morgan fingerprint density at radius 1 is 1.27 bits per heavy atom. The van der Waals surface area contributed by atoms with Crippen molar-refractivity contribution < 1.29 is 22.8 Å². The third kappa shape index (κ3) is 4.24. The number of anilines is 1. The van der Waals surface area contributed by atoms with E-state index in [1.54, 1.807) is 18.4 Å². The van der Waals surface area contributed by atoms with E-state index in [9.17, 15) is 27.6 Å². The van der Waals surface area contributed by atoms with E-state index < -0.39 is 30.1 Å². The van der Waals surface area contributed by atoms with Crippen molar-refractivity contribution in [2.45, 2.75) is 39.4 Å². The maximum Gasteiger partial charge on any atom is 0.418 e. The molecule has 0 bridgehead atoms. The van der Waals surface area contributed by atoms with E-state index >= 15 is 0 Å². The first-order valence-electron chi connectivity index (χ1n) is 10.4. The number of carbonyl (C=O) groups excluding carboxylic acids is 2. The molecule has 1 aliphatic heterocycles. The number of rotatable bonds is 5. The third-order valence-electron chi connectivity index (χ3n) is 5.62. The smallest absolute Gasteiger partial charge is 0.329 e. The first kappa shape index (κ1) is 23.0. The minimum absolute atomic E-state index is 0.157. The van der Waals surface area contributed by atoms with Gasteiger partial charge in [0, 0.05) is 19.5 Å². The molecule has 1 N–H and O–H groups in total. The van der Waals surface area contributed by atoms with Gasteiger partial charge in [-0.05, 0) is 38.0 Å². The number of aryl methyl sites for hydroxylation is 2. The van der Waals surface area contributed by atoms with E-state index in [2.05, 4.69) is 10.3 Å². The molecule has 3 aromatic rings. The summed E-state index contributed by atoms with van der Waals surface area (Å²) in [6.45, 7) is 3.65. The molecule has 2 amide bonds. The van der Waals surface area contributed by atoms with Crippen LogP contribution >= 0.6 is 11.3 Å². The van der Waals surface area contributed by atoms with Gasteiger partial charge in [-0.15, -0.1) is 11.3 Å². The molecule has 0 saturated heterocycles. The Bertz CT molecular complexity index is 1310. The van der Waals surface area contributed by atoms with Crippen LogP contribution in [0.15, 0.2) is 29.1 Å². The van der Waals surface area contributed by atoms with Crippen LogP contribution in [0.2, 0.25) is 0 Å². The molecule has 3 heterocycles. The van der Waals surface area contributed by atoms with Crippen LogP contribution in [0.1, 0.15) is 40.0 Å². The summed E-state index contributed by atoms with van der Waals surface area (Å²) < 4.78 is 41.2. The number of thiophene rings is 1. The maximum absolute atomic E-state index is 13.2. The van der Waals surface area contributed by atoms with Gasteiger partial charge in [0.1, 0.15) is 17.2 Å². The van der Waals surface area contributed by atoms with Crippen LogP contribution in [0.25, 0.3) is 10.2 Å². The minimum Gasteiger partial charge on any atom is -0.329 e. The Morgan fingerprint density at radius 2 is 2.00 bits per heavy atom. The van der Waals surface area contributed by atoms with E-state index in [0.29, 0.717) is 39.4 Å². The fourth-order valence-corrected chi connectivity index (χ4v) is 5.11. The molecule has 0 radical (unpaired) electrons. The highest BCUT2D eigenvalue weighted by atomic mass is 32.1.